The Balaban J connectivity index is 1.48. The number of benzene rings is 1. The highest BCUT2D eigenvalue weighted by Crippen LogP contribution is 2.34. The summed E-state index contributed by atoms with van der Waals surface area (Å²) >= 11 is 0. The lowest BCUT2D eigenvalue weighted by Gasteiger charge is -2.46. The molecule has 2 aliphatic rings. The number of rotatable bonds is 2. The summed E-state index contributed by atoms with van der Waals surface area (Å²) in [6.07, 6.45) is 7.33. The van der Waals surface area contributed by atoms with Crippen LogP contribution in [0.5, 0.6) is 0 Å². The number of carbonyl (C=O) groups excluding carboxylic acids is 1. The van der Waals surface area contributed by atoms with E-state index in [0.29, 0.717) is 17.6 Å². The van der Waals surface area contributed by atoms with Crippen molar-refractivity contribution in [1.29, 1.82) is 0 Å². The number of piperidine rings is 2. The van der Waals surface area contributed by atoms with Crippen molar-refractivity contribution in [3.8, 4) is 0 Å². The van der Waals surface area contributed by atoms with Crippen molar-refractivity contribution < 1.29 is 9.53 Å². The number of pyridine rings is 1. The van der Waals surface area contributed by atoms with Gasteiger partial charge < -0.3 is 9.64 Å². The Hall–Kier alpha value is -1.94. The van der Waals surface area contributed by atoms with Gasteiger partial charge in [0.25, 0.3) is 0 Å². The fourth-order valence-electron chi connectivity index (χ4n) is 4.06. The van der Waals surface area contributed by atoms with Gasteiger partial charge in [0.05, 0.1) is 11.1 Å². The minimum Gasteiger partial charge on any atom is -0.459 e. The van der Waals surface area contributed by atoms with Gasteiger partial charge in [-0.1, -0.05) is 24.6 Å². The van der Waals surface area contributed by atoms with Crippen LogP contribution in [-0.2, 0) is 4.74 Å². The molecule has 4 nitrogen and oxygen atoms in total. The van der Waals surface area contributed by atoms with E-state index < -0.39 is 0 Å². The van der Waals surface area contributed by atoms with Crippen LogP contribution in [0.2, 0.25) is 0 Å². The Morgan fingerprint density at radius 2 is 1.96 bits per heavy atom. The molecule has 120 valence electrons. The van der Waals surface area contributed by atoms with Crippen LogP contribution in [0.4, 0.5) is 0 Å². The van der Waals surface area contributed by atoms with Gasteiger partial charge >= 0.3 is 5.97 Å². The number of hydrogen-bond donors (Lipinski definition) is 0. The first-order valence-corrected chi connectivity index (χ1v) is 8.48. The van der Waals surface area contributed by atoms with E-state index in [9.17, 15) is 4.79 Å². The molecule has 0 radical (unpaired) electrons. The van der Waals surface area contributed by atoms with Gasteiger partial charge in [-0.2, -0.15) is 0 Å². The zero-order valence-corrected chi connectivity index (χ0v) is 13.4. The van der Waals surface area contributed by atoms with Crippen molar-refractivity contribution in [3.05, 3.63) is 42.1 Å². The summed E-state index contributed by atoms with van der Waals surface area (Å²) < 4.78 is 5.81. The first-order valence-electron chi connectivity index (χ1n) is 8.48. The third kappa shape index (κ3) is 2.83. The second kappa shape index (κ2) is 5.93. The Morgan fingerprint density at radius 3 is 2.74 bits per heavy atom. The molecule has 4 rings (SSSR count). The Kier molecular flexibility index (Phi) is 3.77. The Bertz CT molecular complexity index is 716. The molecule has 3 heterocycles. The van der Waals surface area contributed by atoms with Gasteiger partial charge in [0.2, 0.25) is 0 Å². The zero-order valence-electron chi connectivity index (χ0n) is 13.4. The van der Waals surface area contributed by atoms with Crippen LogP contribution in [0.25, 0.3) is 10.9 Å². The molecule has 2 aromatic rings. The van der Waals surface area contributed by atoms with Crippen LogP contribution in [0.15, 0.2) is 36.5 Å². The summed E-state index contributed by atoms with van der Waals surface area (Å²) in [7, 11) is 2.21. The molecule has 2 bridgehead atoms. The van der Waals surface area contributed by atoms with Crippen molar-refractivity contribution in [3.63, 3.8) is 0 Å². The number of aromatic nitrogens is 1. The van der Waals surface area contributed by atoms with Crippen molar-refractivity contribution in [2.24, 2.45) is 0 Å². The van der Waals surface area contributed by atoms with Crippen molar-refractivity contribution in [2.75, 3.05) is 7.05 Å². The van der Waals surface area contributed by atoms with E-state index in [0.717, 1.165) is 23.7 Å². The SMILES string of the molecule is CN1C2CCCC1CC(OC(=O)c1cnc3ccccc3c1)C2. The molecule has 0 amide bonds. The number of ether oxygens (including phenoxy) is 1. The summed E-state index contributed by atoms with van der Waals surface area (Å²) in [5.74, 6) is -0.240. The number of nitrogens with zero attached hydrogens (tertiary/aromatic N) is 2. The highest BCUT2D eigenvalue weighted by Gasteiger charge is 2.37. The first-order chi connectivity index (χ1) is 11.2. The minimum absolute atomic E-state index is 0.0421. The summed E-state index contributed by atoms with van der Waals surface area (Å²) in [6.45, 7) is 0. The predicted octanol–water partition coefficient (Wildman–Crippen LogP) is 3.41. The van der Waals surface area contributed by atoms with Crippen LogP contribution in [0.1, 0.15) is 42.5 Å². The number of esters is 1. The molecule has 1 aromatic carbocycles. The van der Waals surface area contributed by atoms with Crippen LogP contribution >= 0.6 is 0 Å². The lowest BCUT2D eigenvalue weighted by atomic mass is 9.83. The fourth-order valence-corrected chi connectivity index (χ4v) is 4.06. The van der Waals surface area contributed by atoms with Gasteiger partial charge in [-0.15, -0.1) is 0 Å². The monoisotopic (exact) mass is 310 g/mol. The summed E-state index contributed by atoms with van der Waals surface area (Å²) in [5.41, 5.74) is 1.45. The zero-order chi connectivity index (χ0) is 15.8. The Labute approximate surface area is 136 Å². The fraction of sp³-hybridized carbons (Fsp3) is 0.474. The minimum atomic E-state index is -0.240. The largest absolute Gasteiger partial charge is 0.459 e. The quantitative estimate of drug-likeness (QED) is 0.797. The molecule has 4 heteroatoms. The maximum atomic E-state index is 12.5. The third-order valence-electron chi connectivity index (χ3n) is 5.40. The maximum absolute atomic E-state index is 12.5. The smallest absolute Gasteiger partial charge is 0.339 e. The van der Waals surface area contributed by atoms with Gasteiger partial charge in [-0.3, -0.25) is 4.98 Å². The molecule has 0 saturated carbocycles. The molecule has 2 unspecified atom stereocenters. The van der Waals surface area contributed by atoms with Gasteiger partial charge in [0, 0.05) is 36.5 Å². The van der Waals surface area contributed by atoms with Crippen LogP contribution in [-0.4, -0.2) is 41.1 Å². The summed E-state index contributed by atoms with van der Waals surface area (Å²) in [5, 5.41) is 0.974. The van der Waals surface area contributed by atoms with Gasteiger partial charge in [0.1, 0.15) is 6.10 Å². The highest BCUT2D eigenvalue weighted by atomic mass is 16.5. The summed E-state index contributed by atoms with van der Waals surface area (Å²) in [6, 6.07) is 10.8. The molecular formula is C19H22N2O2. The van der Waals surface area contributed by atoms with Gasteiger partial charge in [-0.05, 0) is 32.0 Å². The molecule has 2 fully saturated rings. The number of fused-ring (bicyclic) bond motifs is 3. The van der Waals surface area contributed by atoms with Crippen LogP contribution in [0, 0.1) is 0 Å². The lowest BCUT2D eigenvalue weighted by Crippen LogP contribution is -2.52. The van der Waals surface area contributed by atoms with Gasteiger partial charge in [0.15, 0.2) is 0 Å². The molecular weight excluding hydrogens is 288 g/mol. The topological polar surface area (TPSA) is 42.4 Å². The Morgan fingerprint density at radius 1 is 1.22 bits per heavy atom. The van der Waals surface area contributed by atoms with Crippen molar-refractivity contribution in [2.45, 2.75) is 50.3 Å². The molecule has 1 aromatic heterocycles. The average molecular weight is 310 g/mol. The lowest BCUT2D eigenvalue weighted by molar-refractivity contribution is -0.0319. The van der Waals surface area contributed by atoms with Gasteiger partial charge in [-0.25, -0.2) is 4.79 Å². The number of para-hydroxylation sites is 1. The highest BCUT2D eigenvalue weighted by molar-refractivity contribution is 5.93. The molecule has 23 heavy (non-hydrogen) atoms. The first kappa shape index (κ1) is 14.6. The summed E-state index contributed by atoms with van der Waals surface area (Å²) in [4.78, 5) is 19.3. The van der Waals surface area contributed by atoms with Crippen molar-refractivity contribution in [1.82, 2.24) is 9.88 Å². The van der Waals surface area contributed by atoms with E-state index in [4.69, 9.17) is 4.74 Å². The molecule has 2 atom stereocenters. The second-order valence-corrected chi connectivity index (χ2v) is 6.82. The third-order valence-corrected chi connectivity index (χ3v) is 5.40. The molecule has 2 aliphatic heterocycles. The second-order valence-electron chi connectivity index (χ2n) is 6.82. The molecule has 0 aliphatic carbocycles. The van der Waals surface area contributed by atoms with E-state index in [-0.39, 0.29) is 12.1 Å². The van der Waals surface area contributed by atoms with E-state index in [2.05, 4.69) is 16.9 Å². The maximum Gasteiger partial charge on any atom is 0.339 e. The van der Waals surface area contributed by atoms with E-state index in [1.807, 2.05) is 30.3 Å². The average Bonchev–Trinajstić information content (AvgIpc) is 2.55. The van der Waals surface area contributed by atoms with Crippen LogP contribution in [0.3, 0.4) is 0 Å². The number of carbonyl (C=O) groups is 1. The molecule has 2 saturated heterocycles. The van der Waals surface area contributed by atoms with Crippen LogP contribution < -0.4 is 0 Å². The van der Waals surface area contributed by atoms with E-state index in [1.54, 1.807) is 6.20 Å². The predicted molar refractivity (Wildman–Crippen MR) is 89.4 cm³/mol. The van der Waals surface area contributed by atoms with E-state index >= 15 is 0 Å². The number of hydrogen-bond acceptors (Lipinski definition) is 4. The normalized spacial score (nSPS) is 27.8. The van der Waals surface area contributed by atoms with E-state index in [1.165, 1.54) is 19.3 Å². The molecule has 0 N–H and O–H groups in total. The van der Waals surface area contributed by atoms with Crippen molar-refractivity contribution >= 4 is 16.9 Å². The molecule has 0 spiro atoms. The standard InChI is InChI=1S/C19H22N2O2/c1-21-15-6-4-7-16(21)11-17(10-15)23-19(22)14-9-13-5-2-3-8-18(13)20-12-14/h2-3,5,8-9,12,15-17H,4,6-7,10-11H2,1H3.